The Bertz CT molecular complexity index is 720. The van der Waals surface area contributed by atoms with Crippen LogP contribution in [-0.4, -0.2) is 17.0 Å². The molecule has 0 unspecified atom stereocenters. The maximum Gasteiger partial charge on any atom is 0.137 e. The largest absolute Gasteiger partial charge is 0.393 e. The standard InChI is InChI=1S/C25H36O2/c1-16(26)25-11-5-4-6-18(25)15-22-20-8-7-17-14-19(27)9-12-23(17,2)21(20)10-13-24(22,25)3/h4-5,7,18-22,27H,6,8-15H2,1-3H3/t18-,19-,20+,21-,22-,23-,24-,25+/m0/s1. The Labute approximate surface area is 164 Å². The van der Waals surface area contributed by atoms with Gasteiger partial charge in [-0.1, -0.05) is 37.6 Å². The molecule has 8 atom stereocenters. The highest BCUT2D eigenvalue weighted by atomic mass is 16.3. The first-order valence-corrected chi connectivity index (χ1v) is 11.4. The first-order chi connectivity index (χ1) is 12.8. The lowest BCUT2D eigenvalue weighted by Crippen LogP contribution is -2.54. The van der Waals surface area contributed by atoms with E-state index in [1.54, 1.807) is 5.57 Å². The molecule has 0 heterocycles. The van der Waals surface area contributed by atoms with Crippen molar-refractivity contribution < 1.29 is 9.90 Å². The number of ketones is 1. The first-order valence-electron chi connectivity index (χ1n) is 11.4. The molecule has 5 aliphatic rings. The molecule has 1 N–H and O–H groups in total. The number of aliphatic hydroxyl groups excluding tert-OH is 1. The lowest BCUT2D eigenvalue weighted by Gasteiger charge is -2.60. The van der Waals surface area contributed by atoms with Crippen LogP contribution in [0.3, 0.4) is 0 Å². The second-order valence-electron chi connectivity index (χ2n) is 11.0. The van der Waals surface area contributed by atoms with E-state index in [9.17, 15) is 9.90 Å². The summed E-state index contributed by atoms with van der Waals surface area (Å²) in [5, 5.41) is 10.2. The van der Waals surface area contributed by atoms with Crippen molar-refractivity contribution in [1.29, 1.82) is 0 Å². The van der Waals surface area contributed by atoms with Gasteiger partial charge in [0.05, 0.1) is 6.10 Å². The quantitative estimate of drug-likeness (QED) is 0.624. The van der Waals surface area contributed by atoms with Crippen molar-refractivity contribution in [3.05, 3.63) is 23.8 Å². The molecule has 2 nitrogen and oxygen atoms in total. The van der Waals surface area contributed by atoms with Crippen molar-refractivity contribution in [1.82, 2.24) is 0 Å². The van der Waals surface area contributed by atoms with Crippen molar-refractivity contribution in [2.45, 2.75) is 84.7 Å². The van der Waals surface area contributed by atoms with Crippen LogP contribution in [0.25, 0.3) is 0 Å². The second-order valence-corrected chi connectivity index (χ2v) is 11.0. The van der Waals surface area contributed by atoms with E-state index < -0.39 is 0 Å². The van der Waals surface area contributed by atoms with E-state index in [2.05, 4.69) is 32.1 Å². The number of carbonyl (C=O) groups excluding carboxylic acids is 1. The van der Waals surface area contributed by atoms with Gasteiger partial charge >= 0.3 is 0 Å². The summed E-state index contributed by atoms with van der Waals surface area (Å²) in [7, 11) is 0. The molecular weight excluding hydrogens is 332 g/mol. The monoisotopic (exact) mass is 368 g/mol. The summed E-state index contributed by atoms with van der Waals surface area (Å²) < 4.78 is 0. The lowest BCUT2D eigenvalue weighted by molar-refractivity contribution is -0.144. The summed E-state index contributed by atoms with van der Waals surface area (Å²) in [6.45, 7) is 6.86. The molecular formula is C25H36O2. The Morgan fingerprint density at radius 1 is 1.11 bits per heavy atom. The Morgan fingerprint density at radius 2 is 1.93 bits per heavy atom. The minimum absolute atomic E-state index is 0.106. The van der Waals surface area contributed by atoms with Gasteiger partial charge in [-0.15, -0.1) is 0 Å². The molecule has 27 heavy (non-hydrogen) atoms. The molecule has 2 heteroatoms. The van der Waals surface area contributed by atoms with Gasteiger partial charge in [0.25, 0.3) is 0 Å². The van der Waals surface area contributed by atoms with E-state index >= 15 is 0 Å². The van der Waals surface area contributed by atoms with Crippen LogP contribution < -0.4 is 0 Å². The van der Waals surface area contributed by atoms with Crippen LogP contribution in [0, 0.1) is 39.9 Å². The number of Topliss-reactive ketones (excluding diaryl/α,β-unsaturated/α-hetero) is 1. The van der Waals surface area contributed by atoms with E-state index in [0.29, 0.717) is 23.0 Å². The van der Waals surface area contributed by atoms with Gasteiger partial charge in [-0.05, 0) is 99.2 Å². The fourth-order valence-corrected chi connectivity index (χ4v) is 8.98. The molecule has 0 aromatic heterocycles. The molecule has 0 amide bonds. The molecule has 0 radical (unpaired) electrons. The number of fused-ring (bicyclic) bond motifs is 7. The molecule has 3 fully saturated rings. The van der Waals surface area contributed by atoms with Crippen LogP contribution in [0.1, 0.15) is 78.6 Å². The smallest absolute Gasteiger partial charge is 0.137 e. The molecule has 3 saturated carbocycles. The maximum absolute atomic E-state index is 13.1. The van der Waals surface area contributed by atoms with E-state index in [-0.39, 0.29) is 16.9 Å². The predicted octanol–water partition coefficient (Wildman–Crippen LogP) is 5.46. The fraction of sp³-hybridized carbons (Fsp3) is 0.800. The minimum atomic E-state index is -0.129. The van der Waals surface area contributed by atoms with Gasteiger partial charge in [0.15, 0.2) is 0 Å². The van der Waals surface area contributed by atoms with Crippen molar-refractivity contribution in [3.63, 3.8) is 0 Å². The summed E-state index contributed by atoms with van der Waals surface area (Å²) in [5.41, 5.74) is 1.90. The Balaban J connectivity index is 1.54. The predicted molar refractivity (Wildman–Crippen MR) is 108 cm³/mol. The zero-order valence-electron chi connectivity index (χ0n) is 17.3. The number of hydrogen-bond acceptors (Lipinski definition) is 2. The third-order valence-electron chi connectivity index (χ3n) is 10.4. The third kappa shape index (κ3) is 2.14. The zero-order valence-corrected chi connectivity index (χ0v) is 17.3. The summed E-state index contributed by atoms with van der Waals surface area (Å²) in [5.74, 6) is 3.18. The number of allylic oxidation sites excluding steroid dienone is 3. The lowest BCUT2D eigenvalue weighted by atomic mass is 9.44. The van der Waals surface area contributed by atoms with Gasteiger partial charge in [0, 0.05) is 5.41 Å². The van der Waals surface area contributed by atoms with Crippen LogP contribution in [0.4, 0.5) is 0 Å². The average Bonchev–Trinajstić information content (AvgIpc) is 2.92. The molecule has 5 aliphatic carbocycles. The van der Waals surface area contributed by atoms with Crippen molar-refractivity contribution in [3.8, 4) is 0 Å². The van der Waals surface area contributed by atoms with Gasteiger partial charge in [-0.25, -0.2) is 0 Å². The Hall–Kier alpha value is -0.890. The number of hydrogen-bond donors (Lipinski definition) is 1. The molecule has 0 saturated heterocycles. The first kappa shape index (κ1) is 18.2. The third-order valence-corrected chi connectivity index (χ3v) is 10.4. The van der Waals surface area contributed by atoms with Crippen molar-refractivity contribution in [2.75, 3.05) is 0 Å². The van der Waals surface area contributed by atoms with Crippen LogP contribution in [0.2, 0.25) is 0 Å². The van der Waals surface area contributed by atoms with Gasteiger partial charge in [-0.2, -0.15) is 0 Å². The molecule has 0 aromatic carbocycles. The summed E-state index contributed by atoms with van der Waals surface area (Å²) in [6.07, 6.45) is 17.0. The van der Waals surface area contributed by atoms with Crippen LogP contribution in [-0.2, 0) is 4.79 Å². The highest BCUT2D eigenvalue weighted by Crippen LogP contribution is 2.73. The van der Waals surface area contributed by atoms with Crippen molar-refractivity contribution in [2.24, 2.45) is 39.9 Å². The summed E-state index contributed by atoms with van der Waals surface area (Å²) in [4.78, 5) is 13.1. The molecule has 148 valence electrons. The van der Waals surface area contributed by atoms with Gasteiger partial charge in [0.2, 0.25) is 0 Å². The van der Waals surface area contributed by atoms with E-state index in [1.807, 2.05) is 6.92 Å². The number of rotatable bonds is 1. The van der Waals surface area contributed by atoms with Crippen LogP contribution in [0.5, 0.6) is 0 Å². The summed E-state index contributed by atoms with van der Waals surface area (Å²) >= 11 is 0. The van der Waals surface area contributed by atoms with E-state index in [4.69, 9.17) is 0 Å². The van der Waals surface area contributed by atoms with Crippen LogP contribution >= 0.6 is 0 Å². The molecule has 5 rings (SSSR count). The minimum Gasteiger partial charge on any atom is -0.393 e. The second kappa shape index (κ2) is 5.81. The highest BCUT2D eigenvalue weighted by Gasteiger charge is 2.68. The highest BCUT2D eigenvalue weighted by molar-refractivity contribution is 5.85. The zero-order chi connectivity index (χ0) is 19.0. The average molecular weight is 369 g/mol. The van der Waals surface area contributed by atoms with Gasteiger partial charge in [-0.3, -0.25) is 4.79 Å². The number of carbonyl (C=O) groups is 1. The molecule has 0 aliphatic heterocycles. The summed E-state index contributed by atoms with van der Waals surface area (Å²) in [6, 6.07) is 0. The SMILES string of the molecule is CC(=O)[C@]12CC=CC[C@H]1C[C@H]1[C@@H]3CC=C4C[C@@H](O)CC[C@]4(C)[C@H]3CC[C@@]12C. The molecule has 0 bridgehead atoms. The Kier molecular flexibility index (Phi) is 3.91. The normalized spacial score (nSPS) is 53.6. The molecule has 0 aromatic rings. The molecule has 0 spiro atoms. The Morgan fingerprint density at radius 3 is 2.70 bits per heavy atom. The number of aliphatic hydroxyl groups is 1. The van der Waals surface area contributed by atoms with E-state index in [0.717, 1.165) is 43.9 Å². The maximum atomic E-state index is 13.1. The van der Waals surface area contributed by atoms with Crippen LogP contribution in [0.15, 0.2) is 23.8 Å². The van der Waals surface area contributed by atoms with Crippen molar-refractivity contribution >= 4 is 5.78 Å². The van der Waals surface area contributed by atoms with Gasteiger partial charge < -0.3 is 5.11 Å². The fourth-order valence-electron chi connectivity index (χ4n) is 8.98. The van der Waals surface area contributed by atoms with Gasteiger partial charge in [0.1, 0.15) is 5.78 Å². The van der Waals surface area contributed by atoms with E-state index in [1.165, 1.54) is 25.7 Å². The topological polar surface area (TPSA) is 37.3 Å².